The number of nitrogens with two attached hydrogens (primary N) is 4. The van der Waals surface area contributed by atoms with Crippen molar-refractivity contribution in [2.45, 2.75) is 88.4 Å². The number of nitrogens with one attached hydrogen (secondary N) is 9. The Morgan fingerprint density at radius 2 is 1.48 bits per heavy atom. The summed E-state index contributed by atoms with van der Waals surface area (Å²) < 4.78 is 0. The van der Waals surface area contributed by atoms with Crippen LogP contribution in [0.4, 0.5) is 0 Å². The Bertz CT molecular complexity index is 1720. The predicted octanol–water partition coefficient (Wildman–Crippen LogP) is -10.00. The first kappa shape index (κ1) is 54.7. The Labute approximate surface area is 361 Å². The van der Waals surface area contributed by atoms with E-state index in [1.54, 1.807) is 0 Å². The lowest BCUT2D eigenvalue weighted by Crippen LogP contribution is -2.59. The molecule has 0 radical (unpaired) electrons. The molecule has 1 rings (SSSR count). The summed E-state index contributed by atoms with van der Waals surface area (Å²) in [6.45, 7) is -1.01. The average Bonchev–Trinajstić information content (AvgIpc) is 3.23. The van der Waals surface area contributed by atoms with Crippen LogP contribution in [0.1, 0.15) is 46.0 Å². The molecule has 1 aliphatic rings. The number of hydrogen-bond donors (Lipinski definition) is 15. The largest absolute Gasteiger partial charge is 0.391 e. The molecule has 0 aliphatic carbocycles. The van der Waals surface area contributed by atoms with E-state index in [0.29, 0.717) is 0 Å². The van der Waals surface area contributed by atoms with Gasteiger partial charge in [0.15, 0.2) is 0 Å². The zero-order chi connectivity index (χ0) is 47.6. The molecular formula is C35H59N15O13. The molecule has 63 heavy (non-hydrogen) atoms. The van der Waals surface area contributed by atoms with E-state index in [-0.39, 0.29) is 58.3 Å². The maximum absolute atomic E-state index is 13.6. The van der Waals surface area contributed by atoms with Gasteiger partial charge in [-0.25, -0.2) is 9.98 Å². The predicted molar refractivity (Wildman–Crippen MR) is 220 cm³/mol. The molecule has 0 aromatic carbocycles. The van der Waals surface area contributed by atoms with Crippen LogP contribution in [0, 0.1) is 0 Å². The molecule has 11 amide bonds. The standard InChI is InChI=1S/C35H59N15O13/c1-17(52)27-34(62)40-12-7-23(46-26(56)15-43-35(63)28(18(2)53)49-30(58)19(3-8-36)44-16-51)32(60)47-20(4-9-37)29(57)42-13-24(54)41-14-25(55)45-21(5-10-38)31(59)48-22(6-11-39)33(61)50-27/h16-20,23,27-28,52-53H,3-15,36-39H2,1-2H3,(H,40,62)(H,41,54)(H,42,57)(H,43,63)(H,44,51)(H,46,56)(H,47,60)(H,49,58)(H,50,61)/t17-,18-,19+,20+,23+,27+,28+/m1/s1. The van der Waals surface area contributed by atoms with Crippen LogP contribution in [0.15, 0.2) is 9.98 Å². The van der Waals surface area contributed by atoms with E-state index in [1.165, 1.54) is 6.92 Å². The third kappa shape index (κ3) is 19.9. The Hall–Kier alpha value is -6.33. The summed E-state index contributed by atoms with van der Waals surface area (Å²) in [5.41, 5.74) is 21.3. The minimum absolute atomic E-state index is 0.0101. The van der Waals surface area contributed by atoms with Crippen LogP contribution < -0.4 is 70.8 Å². The molecular weight excluding hydrogens is 838 g/mol. The van der Waals surface area contributed by atoms with Gasteiger partial charge in [-0.05, 0) is 59.3 Å². The van der Waals surface area contributed by atoms with E-state index in [9.17, 15) is 63.0 Å². The zero-order valence-corrected chi connectivity index (χ0v) is 34.9. The second kappa shape index (κ2) is 29.1. The van der Waals surface area contributed by atoms with Crippen LogP contribution in [0.3, 0.4) is 0 Å². The molecule has 0 bridgehead atoms. The molecule has 0 saturated heterocycles. The number of hydrogen-bond acceptors (Lipinski definition) is 17. The first-order chi connectivity index (χ1) is 29.8. The van der Waals surface area contributed by atoms with Gasteiger partial charge in [-0.15, -0.1) is 0 Å². The molecule has 19 N–H and O–H groups in total. The summed E-state index contributed by atoms with van der Waals surface area (Å²) in [6.07, 6.45) is -4.05. The van der Waals surface area contributed by atoms with E-state index in [0.717, 1.165) is 6.92 Å². The second-order valence-electron chi connectivity index (χ2n) is 13.8. The summed E-state index contributed by atoms with van der Waals surface area (Å²) in [7, 11) is 0. The van der Waals surface area contributed by atoms with Crippen molar-refractivity contribution >= 4 is 76.9 Å². The van der Waals surface area contributed by atoms with Gasteiger partial charge in [-0.1, -0.05) is 0 Å². The topological polar surface area (TPSA) is 465 Å². The smallest absolute Gasteiger partial charge is 0.291 e. The highest BCUT2D eigenvalue weighted by Crippen LogP contribution is 2.03. The third-order valence-electron chi connectivity index (χ3n) is 8.68. The quantitative estimate of drug-likeness (QED) is 0.0568. The number of carbonyl (C=O) groups is 11. The summed E-state index contributed by atoms with van der Waals surface area (Å²) in [5.74, 6) is -10.1. The van der Waals surface area contributed by atoms with E-state index in [4.69, 9.17) is 22.9 Å². The van der Waals surface area contributed by atoms with Gasteiger partial charge in [0.1, 0.15) is 41.6 Å². The lowest BCUT2D eigenvalue weighted by Gasteiger charge is -2.25. The zero-order valence-electron chi connectivity index (χ0n) is 34.9. The Morgan fingerprint density at radius 1 is 0.810 bits per heavy atom. The maximum Gasteiger partial charge on any atom is 0.291 e. The number of aliphatic hydroxyl groups excluding tert-OH is 2. The first-order valence-corrected chi connectivity index (χ1v) is 19.7. The Kier molecular flexibility index (Phi) is 25.2. The van der Waals surface area contributed by atoms with Gasteiger partial charge < -0.3 is 81.0 Å². The summed E-state index contributed by atoms with van der Waals surface area (Å²) in [5, 5.41) is 41.1. The van der Waals surface area contributed by atoms with Crippen molar-refractivity contribution in [2.75, 3.05) is 52.4 Å². The van der Waals surface area contributed by atoms with Crippen LogP contribution in [0.25, 0.3) is 0 Å². The fourth-order valence-electron chi connectivity index (χ4n) is 5.39. The number of aliphatic imine (C=N–C) groups is 2. The van der Waals surface area contributed by atoms with Crippen LogP contribution in [-0.2, 0) is 52.7 Å². The van der Waals surface area contributed by atoms with Gasteiger partial charge in [0.05, 0.1) is 31.8 Å². The molecule has 352 valence electrons. The lowest BCUT2D eigenvalue weighted by atomic mass is 10.1. The highest BCUT2D eigenvalue weighted by Gasteiger charge is 2.32. The van der Waals surface area contributed by atoms with Crippen molar-refractivity contribution in [3.8, 4) is 0 Å². The molecule has 1 aliphatic heterocycles. The summed E-state index contributed by atoms with van der Waals surface area (Å²) in [4.78, 5) is 148. The fourth-order valence-corrected chi connectivity index (χ4v) is 5.39. The van der Waals surface area contributed by atoms with Crippen LogP contribution in [0.5, 0.6) is 0 Å². The molecule has 7 atom stereocenters. The molecule has 0 unspecified atom stereocenters. The number of nitrogens with zero attached hydrogens (tertiary/aromatic N) is 2. The second-order valence-corrected chi connectivity index (χ2v) is 13.8. The van der Waals surface area contributed by atoms with Crippen LogP contribution in [-0.4, -0.2) is 182 Å². The monoisotopic (exact) mass is 897 g/mol. The van der Waals surface area contributed by atoms with E-state index in [2.05, 4.69) is 57.8 Å². The van der Waals surface area contributed by atoms with Crippen LogP contribution in [0.2, 0.25) is 0 Å². The molecule has 1 heterocycles. The summed E-state index contributed by atoms with van der Waals surface area (Å²) in [6, 6.07) is -7.47. The molecule has 0 spiro atoms. The molecule has 0 fully saturated rings. The minimum atomic E-state index is -1.70. The van der Waals surface area contributed by atoms with Crippen molar-refractivity contribution in [1.82, 2.24) is 47.9 Å². The lowest BCUT2D eigenvalue weighted by molar-refractivity contribution is -0.135. The van der Waals surface area contributed by atoms with Crippen molar-refractivity contribution in [3.05, 3.63) is 0 Å². The molecule has 0 saturated carbocycles. The Morgan fingerprint density at radius 3 is 2.06 bits per heavy atom. The Balaban J connectivity index is 3.48. The molecule has 28 nitrogen and oxygen atoms in total. The highest BCUT2D eigenvalue weighted by atomic mass is 16.3. The highest BCUT2D eigenvalue weighted by molar-refractivity contribution is 6.48. The van der Waals surface area contributed by atoms with Gasteiger partial charge in [-0.3, -0.25) is 52.7 Å². The normalized spacial score (nSPS) is 21.0. The van der Waals surface area contributed by atoms with E-state index < -0.39 is 146 Å². The van der Waals surface area contributed by atoms with E-state index in [1.807, 2.05) is 0 Å². The van der Waals surface area contributed by atoms with E-state index >= 15 is 0 Å². The third-order valence-corrected chi connectivity index (χ3v) is 8.68. The van der Waals surface area contributed by atoms with Crippen LogP contribution >= 0.6 is 0 Å². The first-order valence-electron chi connectivity index (χ1n) is 19.7. The number of rotatable bonds is 18. The van der Waals surface area contributed by atoms with Gasteiger partial charge in [0, 0.05) is 19.4 Å². The molecule has 0 aromatic heterocycles. The minimum Gasteiger partial charge on any atom is -0.391 e. The molecule has 28 heteroatoms. The van der Waals surface area contributed by atoms with Gasteiger partial charge in [0.25, 0.3) is 17.7 Å². The van der Waals surface area contributed by atoms with Crippen molar-refractivity contribution in [3.63, 3.8) is 0 Å². The summed E-state index contributed by atoms with van der Waals surface area (Å²) >= 11 is 0. The van der Waals surface area contributed by atoms with Crippen molar-refractivity contribution in [2.24, 2.45) is 32.9 Å². The van der Waals surface area contributed by atoms with Crippen molar-refractivity contribution in [1.29, 1.82) is 0 Å². The van der Waals surface area contributed by atoms with Gasteiger partial charge in [-0.2, -0.15) is 0 Å². The molecule has 0 aromatic rings. The van der Waals surface area contributed by atoms with Crippen molar-refractivity contribution < 1.29 is 63.0 Å². The maximum atomic E-state index is 13.6. The van der Waals surface area contributed by atoms with Gasteiger partial charge in [0.2, 0.25) is 47.8 Å². The van der Waals surface area contributed by atoms with Gasteiger partial charge >= 0.3 is 0 Å². The fraction of sp³-hybridized carbons (Fsp3) is 0.629. The average molecular weight is 898 g/mol. The number of aliphatic hydroxyl groups is 2. The number of amides is 11. The SMILES string of the molecule is C[C@@H](O)[C@@H]1NC(=O)C(CCN)=NC(=O)C(CCN)=NC(=O)CNC(=O)CNC(=O)[C@H](CCN)NC(=O)[C@@H](NC(=O)CNC(=O)[C@@H](NC(=O)[C@H](CCN)NC=O)[C@@H](C)O)CCNC1=O. The number of carbonyl (C=O) groups excluding carboxylic acids is 11.